The van der Waals surface area contributed by atoms with Crippen LogP contribution in [-0.4, -0.2) is 73.9 Å². The van der Waals surface area contributed by atoms with E-state index in [2.05, 4.69) is 39.4 Å². The number of ether oxygens (including phenoxy) is 2. The lowest BCUT2D eigenvalue weighted by atomic mass is 10.1. The van der Waals surface area contributed by atoms with Crippen LogP contribution < -0.4 is 0 Å². The van der Waals surface area contributed by atoms with Gasteiger partial charge in [0.2, 0.25) is 0 Å². The number of halogens is 1. The van der Waals surface area contributed by atoms with Gasteiger partial charge in [0.15, 0.2) is 0 Å². The summed E-state index contributed by atoms with van der Waals surface area (Å²) in [5.74, 6) is 0.282. The van der Waals surface area contributed by atoms with E-state index < -0.39 is 11.2 Å². The molecule has 2 aromatic heterocycles. The topological polar surface area (TPSA) is 89.8 Å². The van der Waals surface area contributed by atoms with Crippen LogP contribution in [0.3, 0.4) is 0 Å². The number of hydrogen-bond donors (Lipinski definition) is 0. The van der Waals surface area contributed by atoms with Gasteiger partial charge < -0.3 is 23.8 Å². The maximum atomic E-state index is 13.4. The van der Waals surface area contributed by atoms with Gasteiger partial charge in [0.1, 0.15) is 28.3 Å². The standard InChI is InChI=1S/C35H48ClN5O4/c1-8-27-23-41(31-29(27)30(36)37-24-38-31)28-16-15-26(21-28)22-40(33(43)45-35(5,6)7)19-12-18-39(32(42)44-34(2,3)4)20-17-25-13-10-9-11-14-25/h8-11,13-14,23-24,26,28H,1,12,15-22H2,2-7H3/t26-,28+/m1/s1. The number of carbonyl (C=O) groups excluding carboxylic acids is 2. The molecule has 0 bridgehead atoms. The van der Waals surface area contributed by atoms with E-state index in [4.69, 9.17) is 21.1 Å². The lowest BCUT2D eigenvalue weighted by Crippen LogP contribution is -2.42. The van der Waals surface area contributed by atoms with Crippen LogP contribution in [-0.2, 0) is 15.9 Å². The van der Waals surface area contributed by atoms with Crippen LogP contribution in [0.15, 0.2) is 49.4 Å². The molecular formula is C35H48ClN5O4. The Morgan fingerprint density at radius 3 is 2.27 bits per heavy atom. The Hall–Kier alpha value is -3.59. The van der Waals surface area contributed by atoms with Gasteiger partial charge in [0.25, 0.3) is 0 Å². The minimum atomic E-state index is -0.615. The van der Waals surface area contributed by atoms with Crippen molar-refractivity contribution in [2.24, 2.45) is 5.92 Å². The van der Waals surface area contributed by atoms with Crippen molar-refractivity contribution in [1.29, 1.82) is 0 Å². The van der Waals surface area contributed by atoms with Gasteiger partial charge in [0.05, 0.1) is 5.39 Å². The fourth-order valence-electron chi connectivity index (χ4n) is 5.85. The number of aromatic nitrogens is 3. The van der Waals surface area contributed by atoms with Gasteiger partial charge in [0, 0.05) is 44.0 Å². The molecule has 1 aliphatic carbocycles. The molecule has 0 saturated heterocycles. The third-order valence-electron chi connectivity index (χ3n) is 7.87. The summed E-state index contributed by atoms with van der Waals surface area (Å²) < 4.78 is 13.7. The van der Waals surface area contributed by atoms with E-state index in [9.17, 15) is 9.59 Å². The Balaban J connectivity index is 1.44. The normalized spacial score (nSPS) is 16.9. The number of rotatable bonds is 11. The van der Waals surface area contributed by atoms with Gasteiger partial charge >= 0.3 is 12.2 Å². The molecule has 0 aliphatic heterocycles. The molecule has 10 heteroatoms. The SMILES string of the molecule is C=Cc1cn([C@H]2CC[C@@H](CN(CCCN(CCc3ccccc3)C(=O)OC(C)(C)C)C(=O)OC(C)(C)C)C2)c2ncnc(Cl)c12. The summed E-state index contributed by atoms with van der Waals surface area (Å²) in [5.41, 5.74) is 1.66. The molecule has 1 aliphatic rings. The first-order chi connectivity index (χ1) is 21.2. The quantitative estimate of drug-likeness (QED) is 0.197. The van der Waals surface area contributed by atoms with Crippen LogP contribution in [0.5, 0.6) is 0 Å². The van der Waals surface area contributed by atoms with Gasteiger partial charge in [-0.05, 0) is 85.1 Å². The molecular weight excluding hydrogens is 590 g/mol. The number of amides is 2. The maximum absolute atomic E-state index is 13.4. The lowest BCUT2D eigenvalue weighted by molar-refractivity contribution is 0.0186. The molecule has 2 atom stereocenters. The highest BCUT2D eigenvalue weighted by atomic mass is 35.5. The summed E-state index contributed by atoms with van der Waals surface area (Å²) in [6, 6.07) is 10.3. The van der Waals surface area contributed by atoms with Crippen molar-refractivity contribution >= 4 is 40.9 Å². The average molecular weight is 638 g/mol. The summed E-state index contributed by atoms with van der Waals surface area (Å²) in [4.78, 5) is 38.8. The first-order valence-corrected chi connectivity index (χ1v) is 16.2. The van der Waals surface area contributed by atoms with Gasteiger partial charge in [-0.15, -0.1) is 0 Å². The number of carbonyl (C=O) groups is 2. The van der Waals surface area contributed by atoms with E-state index in [1.54, 1.807) is 11.0 Å². The fraction of sp³-hybridized carbons (Fsp3) is 0.543. The van der Waals surface area contributed by atoms with Gasteiger partial charge in [-0.2, -0.15) is 0 Å². The van der Waals surface area contributed by atoms with Crippen molar-refractivity contribution in [2.45, 2.75) is 90.9 Å². The Morgan fingerprint density at radius 2 is 1.62 bits per heavy atom. The van der Waals surface area contributed by atoms with Crippen molar-refractivity contribution in [3.05, 3.63) is 65.7 Å². The highest BCUT2D eigenvalue weighted by molar-refractivity contribution is 6.34. The molecule has 1 fully saturated rings. The number of hydrogen-bond acceptors (Lipinski definition) is 6. The number of benzene rings is 1. The fourth-order valence-corrected chi connectivity index (χ4v) is 6.09. The number of nitrogens with zero attached hydrogens (tertiary/aromatic N) is 5. The molecule has 1 saturated carbocycles. The van der Waals surface area contributed by atoms with E-state index in [0.29, 0.717) is 37.8 Å². The summed E-state index contributed by atoms with van der Waals surface area (Å²) >= 11 is 6.42. The highest BCUT2D eigenvalue weighted by Crippen LogP contribution is 2.39. The first-order valence-electron chi connectivity index (χ1n) is 15.9. The zero-order valence-electron chi connectivity index (χ0n) is 27.6. The molecule has 244 valence electrons. The molecule has 2 heterocycles. The molecule has 2 amide bonds. The predicted molar refractivity (Wildman–Crippen MR) is 179 cm³/mol. The van der Waals surface area contributed by atoms with E-state index in [1.165, 1.54) is 6.33 Å². The Kier molecular flexibility index (Phi) is 11.2. The van der Waals surface area contributed by atoms with E-state index in [0.717, 1.165) is 47.8 Å². The summed E-state index contributed by atoms with van der Waals surface area (Å²) in [7, 11) is 0. The van der Waals surface area contributed by atoms with Gasteiger partial charge in [-0.3, -0.25) is 0 Å². The zero-order valence-corrected chi connectivity index (χ0v) is 28.3. The molecule has 1 aromatic carbocycles. The van der Waals surface area contributed by atoms with Crippen LogP contribution >= 0.6 is 11.6 Å². The van der Waals surface area contributed by atoms with Crippen LogP contribution in [0.25, 0.3) is 17.1 Å². The molecule has 0 radical (unpaired) electrons. The third kappa shape index (κ3) is 9.70. The molecule has 0 unspecified atom stereocenters. The smallest absolute Gasteiger partial charge is 0.410 e. The van der Waals surface area contributed by atoms with Crippen LogP contribution in [0, 0.1) is 5.92 Å². The summed E-state index contributed by atoms with van der Waals surface area (Å²) in [5, 5.41) is 1.23. The first kappa shape index (κ1) is 34.3. The van der Waals surface area contributed by atoms with Crippen molar-refractivity contribution in [2.75, 3.05) is 26.2 Å². The average Bonchev–Trinajstić information content (AvgIpc) is 3.58. The Bertz CT molecular complexity index is 1460. The van der Waals surface area contributed by atoms with E-state index in [1.807, 2.05) is 64.6 Å². The van der Waals surface area contributed by atoms with Gasteiger partial charge in [-0.1, -0.05) is 54.6 Å². The van der Waals surface area contributed by atoms with Crippen LogP contribution in [0.4, 0.5) is 9.59 Å². The summed E-state index contributed by atoms with van der Waals surface area (Å²) in [6.45, 7) is 17.2. The van der Waals surface area contributed by atoms with Crippen molar-refractivity contribution in [3.8, 4) is 0 Å². The molecule has 45 heavy (non-hydrogen) atoms. The second-order valence-electron chi connectivity index (χ2n) is 13.9. The van der Waals surface area contributed by atoms with E-state index >= 15 is 0 Å². The van der Waals surface area contributed by atoms with Crippen molar-refractivity contribution in [1.82, 2.24) is 24.3 Å². The second kappa shape index (κ2) is 14.7. The largest absolute Gasteiger partial charge is 0.444 e. The van der Waals surface area contributed by atoms with Crippen LogP contribution in [0.1, 0.15) is 84.4 Å². The minimum absolute atomic E-state index is 0.221. The molecule has 9 nitrogen and oxygen atoms in total. The maximum Gasteiger partial charge on any atom is 0.410 e. The van der Waals surface area contributed by atoms with E-state index in [-0.39, 0.29) is 24.1 Å². The molecule has 0 spiro atoms. The third-order valence-corrected chi connectivity index (χ3v) is 8.16. The minimum Gasteiger partial charge on any atom is -0.444 e. The molecule has 3 aromatic rings. The Morgan fingerprint density at radius 1 is 0.978 bits per heavy atom. The summed E-state index contributed by atoms with van der Waals surface area (Å²) in [6.07, 6.45) is 8.78. The predicted octanol–water partition coefficient (Wildman–Crippen LogP) is 8.18. The van der Waals surface area contributed by atoms with Gasteiger partial charge in [-0.25, -0.2) is 19.6 Å². The number of fused-ring (bicyclic) bond motifs is 1. The molecule has 0 N–H and O–H groups in total. The second-order valence-corrected chi connectivity index (χ2v) is 14.2. The zero-order chi connectivity index (χ0) is 32.8. The highest BCUT2D eigenvalue weighted by Gasteiger charge is 2.32. The van der Waals surface area contributed by atoms with Crippen LogP contribution in [0.2, 0.25) is 5.15 Å². The molecule has 4 rings (SSSR count). The van der Waals surface area contributed by atoms with Crippen molar-refractivity contribution in [3.63, 3.8) is 0 Å². The lowest BCUT2D eigenvalue weighted by Gasteiger charge is -2.31. The Labute approximate surface area is 272 Å². The van der Waals surface area contributed by atoms with Crippen molar-refractivity contribution < 1.29 is 19.1 Å². The monoisotopic (exact) mass is 637 g/mol.